The lowest BCUT2D eigenvalue weighted by Crippen LogP contribution is -2.38. The molecule has 2 fully saturated rings. The Bertz CT molecular complexity index is 721. The molecule has 138 valence electrons. The minimum Gasteiger partial charge on any atom is -0.334 e. The molecule has 0 saturated carbocycles. The van der Waals surface area contributed by atoms with Crippen LogP contribution in [0.4, 0.5) is 0 Å². The SMILES string of the molecule is O=C(c1cccc(CC2CCNCC2)c1)N1CCC[C@@H]1Cn1cccn1. The van der Waals surface area contributed by atoms with Gasteiger partial charge in [-0.1, -0.05) is 12.1 Å². The number of carbonyl (C=O) groups excluding carboxylic acids is 1. The van der Waals surface area contributed by atoms with E-state index in [1.165, 1.54) is 18.4 Å². The maximum absolute atomic E-state index is 13.1. The van der Waals surface area contributed by atoms with Crippen LogP contribution in [0.2, 0.25) is 0 Å². The van der Waals surface area contributed by atoms with Crippen molar-refractivity contribution in [3.05, 3.63) is 53.9 Å². The molecule has 2 aliphatic rings. The maximum Gasteiger partial charge on any atom is 0.254 e. The Kier molecular flexibility index (Phi) is 5.34. The molecule has 2 saturated heterocycles. The summed E-state index contributed by atoms with van der Waals surface area (Å²) in [5, 5.41) is 7.72. The van der Waals surface area contributed by atoms with Gasteiger partial charge in [0.1, 0.15) is 0 Å². The number of rotatable bonds is 5. The van der Waals surface area contributed by atoms with E-state index >= 15 is 0 Å². The third-order valence-corrected chi connectivity index (χ3v) is 5.75. The molecule has 3 heterocycles. The van der Waals surface area contributed by atoms with Crippen LogP contribution in [0.5, 0.6) is 0 Å². The van der Waals surface area contributed by atoms with Gasteiger partial charge < -0.3 is 10.2 Å². The van der Waals surface area contributed by atoms with Crippen LogP contribution in [0.15, 0.2) is 42.7 Å². The smallest absolute Gasteiger partial charge is 0.254 e. The summed E-state index contributed by atoms with van der Waals surface area (Å²) in [6.45, 7) is 3.87. The molecule has 26 heavy (non-hydrogen) atoms. The summed E-state index contributed by atoms with van der Waals surface area (Å²) < 4.78 is 1.93. The van der Waals surface area contributed by atoms with Crippen LogP contribution in [0.25, 0.3) is 0 Å². The highest BCUT2D eigenvalue weighted by atomic mass is 16.2. The first-order valence-electron chi connectivity index (χ1n) is 9.87. The van der Waals surface area contributed by atoms with E-state index in [1.54, 1.807) is 6.20 Å². The second-order valence-electron chi connectivity index (χ2n) is 7.62. The van der Waals surface area contributed by atoms with Crippen LogP contribution in [-0.2, 0) is 13.0 Å². The summed E-state index contributed by atoms with van der Waals surface area (Å²) in [6.07, 6.45) is 9.45. The largest absolute Gasteiger partial charge is 0.334 e. The van der Waals surface area contributed by atoms with Crippen LogP contribution in [-0.4, -0.2) is 46.3 Å². The highest BCUT2D eigenvalue weighted by molar-refractivity contribution is 5.94. The van der Waals surface area contributed by atoms with E-state index in [0.717, 1.165) is 56.9 Å². The van der Waals surface area contributed by atoms with E-state index < -0.39 is 0 Å². The Morgan fingerprint density at radius 1 is 1.19 bits per heavy atom. The zero-order valence-corrected chi connectivity index (χ0v) is 15.3. The normalized spacial score (nSPS) is 21.2. The number of nitrogens with one attached hydrogen (secondary N) is 1. The molecule has 4 rings (SSSR count). The second-order valence-corrected chi connectivity index (χ2v) is 7.62. The number of carbonyl (C=O) groups is 1. The fraction of sp³-hybridized carbons (Fsp3) is 0.524. The van der Waals surface area contributed by atoms with Crippen molar-refractivity contribution in [3.63, 3.8) is 0 Å². The molecule has 0 aliphatic carbocycles. The third-order valence-electron chi connectivity index (χ3n) is 5.75. The molecular formula is C21H28N4O. The lowest BCUT2D eigenvalue weighted by Gasteiger charge is -2.25. The first kappa shape index (κ1) is 17.3. The van der Waals surface area contributed by atoms with Crippen LogP contribution in [0.3, 0.4) is 0 Å². The Labute approximate surface area is 155 Å². The van der Waals surface area contributed by atoms with E-state index in [-0.39, 0.29) is 11.9 Å². The van der Waals surface area contributed by atoms with Crippen molar-refractivity contribution in [2.24, 2.45) is 5.92 Å². The minimum atomic E-state index is 0.173. The standard InChI is InChI=1S/C21H28N4O/c26-21(25-13-2-6-20(25)16-24-12-3-9-23-24)19-5-1-4-18(15-19)14-17-7-10-22-11-8-17/h1,3-5,9,12,15,17,20,22H,2,6-8,10-11,13-14,16H2/t20-/m1/s1. The van der Waals surface area contributed by atoms with Crippen LogP contribution >= 0.6 is 0 Å². The van der Waals surface area contributed by atoms with Crippen molar-refractivity contribution in [2.45, 2.75) is 44.7 Å². The van der Waals surface area contributed by atoms with Gasteiger partial charge >= 0.3 is 0 Å². The summed E-state index contributed by atoms with van der Waals surface area (Å²) in [5.41, 5.74) is 2.13. The van der Waals surface area contributed by atoms with E-state index in [4.69, 9.17) is 0 Å². The molecule has 0 spiro atoms. The van der Waals surface area contributed by atoms with E-state index in [2.05, 4.69) is 22.5 Å². The van der Waals surface area contributed by atoms with Gasteiger partial charge in [0.15, 0.2) is 0 Å². The van der Waals surface area contributed by atoms with Gasteiger partial charge in [0, 0.05) is 24.5 Å². The molecule has 5 nitrogen and oxygen atoms in total. The molecule has 1 aromatic carbocycles. The number of aromatic nitrogens is 2. The van der Waals surface area contributed by atoms with Gasteiger partial charge in [0.05, 0.1) is 12.6 Å². The van der Waals surface area contributed by atoms with Crippen molar-refractivity contribution < 1.29 is 4.79 Å². The molecule has 0 bridgehead atoms. The monoisotopic (exact) mass is 352 g/mol. The predicted octanol–water partition coefficient (Wildman–Crippen LogP) is 2.73. The summed E-state index contributed by atoms with van der Waals surface area (Å²) >= 11 is 0. The Hall–Kier alpha value is -2.14. The third kappa shape index (κ3) is 3.98. The molecule has 1 atom stereocenters. The highest BCUT2D eigenvalue weighted by Gasteiger charge is 2.30. The maximum atomic E-state index is 13.1. The van der Waals surface area contributed by atoms with Gasteiger partial charge in [-0.15, -0.1) is 0 Å². The summed E-state index contributed by atoms with van der Waals surface area (Å²) in [7, 11) is 0. The highest BCUT2D eigenvalue weighted by Crippen LogP contribution is 2.23. The summed E-state index contributed by atoms with van der Waals surface area (Å²) in [4.78, 5) is 15.2. The van der Waals surface area contributed by atoms with Gasteiger partial charge in [0.2, 0.25) is 0 Å². The molecule has 1 aromatic heterocycles. The molecule has 5 heteroatoms. The van der Waals surface area contributed by atoms with Gasteiger partial charge in [-0.25, -0.2) is 0 Å². The summed E-state index contributed by atoms with van der Waals surface area (Å²) in [5.74, 6) is 0.910. The Morgan fingerprint density at radius 3 is 2.88 bits per heavy atom. The van der Waals surface area contributed by atoms with Crippen molar-refractivity contribution in [1.29, 1.82) is 0 Å². The van der Waals surface area contributed by atoms with E-state index in [9.17, 15) is 4.79 Å². The summed E-state index contributed by atoms with van der Waals surface area (Å²) in [6, 6.07) is 10.5. The predicted molar refractivity (Wildman–Crippen MR) is 102 cm³/mol. The molecule has 0 unspecified atom stereocenters. The molecule has 1 N–H and O–H groups in total. The Balaban J connectivity index is 1.44. The van der Waals surface area contributed by atoms with Gasteiger partial charge in [-0.05, 0) is 74.9 Å². The van der Waals surface area contributed by atoms with Crippen molar-refractivity contribution >= 4 is 5.91 Å². The molecule has 0 radical (unpaired) electrons. The van der Waals surface area contributed by atoms with Crippen molar-refractivity contribution in [3.8, 4) is 0 Å². The number of hydrogen-bond acceptors (Lipinski definition) is 3. The quantitative estimate of drug-likeness (QED) is 0.900. The van der Waals surface area contributed by atoms with Crippen LogP contribution in [0.1, 0.15) is 41.6 Å². The number of piperidine rings is 1. The number of hydrogen-bond donors (Lipinski definition) is 1. The van der Waals surface area contributed by atoms with Crippen molar-refractivity contribution in [2.75, 3.05) is 19.6 Å². The second kappa shape index (κ2) is 8.04. The van der Waals surface area contributed by atoms with Gasteiger partial charge in [-0.3, -0.25) is 9.48 Å². The van der Waals surface area contributed by atoms with Gasteiger partial charge in [0.25, 0.3) is 5.91 Å². The fourth-order valence-electron chi connectivity index (χ4n) is 4.33. The lowest BCUT2D eigenvalue weighted by atomic mass is 9.90. The lowest BCUT2D eigenvalue weighted by molar-refractivity contribution is 0.0721. The minimum absolute atomic E-state index is 0.173. The van der Waals surface area contributed by atoms with E-state index in [0.29, 0.717) is 0 Å². The fourth-order valence-corrected chi connectivity index (χ4v) is 4.33. The van der Waals surface area contributed by atoms with Crippen molar-refractivity contribution in [1.82, 2.24) is 20.0 Å². The number of amides is 1. The zero-order valence-electron chi connectivity index (χ0n) is 15.3. The average molecular weight is 352 g/mol. The molecule has 2 aliphatic heterocycles. The number of benzene rings is 1. The number of likely N-dealkylation sites (tertiary alicyclic amines) is 1. The topological polar surface area (TPSA) is 50.2 Å². The molecule has 2 aromatic rings. The first-order valence-corrected chi connectivity index (χ1v) is 9.87. The Morgan fingerprint density at radius 2 is 2.08 bits per heavy atom. The van der Waals surface area contributed by atoms with Crippen LogP contribution < -0.4 is 5.32 Å². The van der Waals surface area contributed by atoms with Gasteiger partial charge in [-0.2, -0.15) is 5.10 Å². The average Bonchev–Trinajstić information content (AvgIpc) is 3.35. The number of nitrogens with zero attached hydrogens (tertiary/aromatic N) is 3. The zero-order chi connectivity index (χ0) is 17.8. The van der Waals surface area contributed by atoms with Crippen LogP contribution in [0, 0.1) is 5.92 Å². The molecular weight excluding hydrogens is 324 g/mol. The van der Waals surface area contributed by atoms with E-state index in [1.807, 2.05) is 34.0 Å². The molecule has 1 amide bonds. The first-order chi connectivity index (χ1) is 12.8.